The van der Waals surface area contributed by atoms with Crippen molar-refractivity contribution in [2.24, 2.45) is 10.2 Å². The molecule has 0 radical (unpaired) electrons. The number of nitrogens with one attached hydrogen (secondary N) is 4. The molecule has 1 aliphatic rings. The van der Waals surface area contributed by atoms with Crippen molar-refractivity contribution in [3.63, 3.8) is 0 Å². The molecule has 0 aromatic heterocycles. The summed E-state index contributed by atoms with van der Waals surface area (Å²) in [6.07, 6.45) is 3.02. The first-order valence-electron chi connectivity index (χ1n) is 10.5. The number of nitrogens with zero attached hydrogens (tertiary/aromatic N) is 6. The molecule has 1 aliphatic heterocycles. The Morgan fingerprint density at radius 1 is 0.722 bits per heavy atom. The second-order valence-corrected chi connectivity index (χ2v) is 8.11. The van der Waals surface area contributed by atoms with E-state index in [9.17, 15) is 20.2 Å². The van der Waals surface area contributed by atoms with Crippen LogP contribution in [0.3, 0.4) is 0 Å². The SMILES string of the molecule is O=[N+]([O-])c1ccc(/C=N\NC(=S)NN2CCN(NC(=S)N/N=C/c3ccc([N+](=O)[O-])cc3)CC2)cc1. The Morgan fingerprint density at radius 3 is 1.36 bits per heavy atom. The van der Waals surface area contributed by atoms with Crippen LogP contribution in [-0.4, -0.2) is 68.7 Å². The molecule has 4 N–H and O–H groups in total. The Kier molecular flexibility index (Phi) is 9.64. The molecule has 2 aromatic rings. The first-order chi connectivity index (χ1) is 17.3. The quantitative estimate of drug-likeness (QED) is 0.167. The first kappa shape index (κ1) is 26.5. The largest absolute Gasteiger partial charge is 0.294 e. The number of hydrazine groups is 2. The monoisotopic (exact) mass is 530 g/mol. The van der Waals surface area contributed by atoms with Crippen molar-refractivity contribution in [1.82, 2.24) is 31.7 Å². The van der Waals surface area contributed by atoms with Gasteiger partial charge in [-0.25, -0.2) is 10.0 Å². The Labute approximate surface area is 216 Å². The van der Waals surface area contributed by atoms with Crippen molar-refractivity contribution in [1.29, 1.82) is 0 Å². The summed E-state index contributed by atoms with van der Waals surface area (Å²) < 4.78 is 0. The number of nitro groups is 2. The van der Waals surface area contributed by atoms with Crippen molar-refractivity contribution >= 4 is 58.5 Å². The van der Waals surface area contributed by atoms with E-state index in [2.05, 4.69) is 31.9 Å². The highest BCUT2D eigenvalue weighted by atomic mass is 32.1. The molecule has 2 aromatic carbocycles. The zero-order valence-electron chi connectivity index (χ0n) is 18.7. The number of nitro benzene ring substituents is 2. The van der Waals surface area contributed by atoms with Gasteiger partial charge in [0.05, 0.1) is 22.3 Å². The summed E-state index contributed by atoms with van der Waals surface area (Å²) in [5.41, 5.74) is 12.9. The van der Waals surface area contributed by atoms with Gasteiger partial charge in [0.15, 0.2) is 0 Å². The third kappa shape index (κ3) is 8.58. The van der Waals surface area contributed by atoms with E-state index in [-0.39, 0.29) is 11.4 Å². The summed E-state index contributed by atoms with van der Waals surface area (Å²) in [5.74, 6) is 0. The molecular formula is C20H22N10O4S2. The van der Waals surface area contributed by atoms with Crippen molar-refractivity contribution in [2.75, 3.05) is 26.2 Å². The third-order valence-corrected chi connectivity index (χ3v) is 5.13. The lowest BCUT2D eigenvalue weighted by Crippen LogP contribution is -2.59. The van der Waals surface area contributed by atoms with Crippen LogP contribution in [-0.2, 0) is 0 Å². The van der Waals surface area contributed by atoms with E-state index in [4.69, 9.17) is 24.4 Å². The number of hydrogen-bond acceptors (Lipinski definition) is 10. The summed E-state index contributed by atoms with van der Waals surface area (Å²) in [7, 11) is 0. The van der Waals surface area contributed by atoms with Gasteiger partial charge in [0, 0.05) is 50.4 Å². The van der Waals surface area contributed by atoms with Crippen LogP contribution in [0.5, 0.6) is 0 Å². The highest BCUT2D eigenvalue weighted by Crippen LogP contribution is 2.11. The van der Waals surface area contributed by atoms with Gasteiger partial charge in [-0.3, -0.25) is 41.9 Å². The molecule has 14 nitrogen and oxygen atoms in total. The lowest BCUT2D eigenvalue weighted by atomic mass is 10.2. The van der Waals surface area contributed by atoms with Crippen LogP contribution in [0, 0.1) is 20.2 Å². The Hall–Kier alpha value is -4.12. The Balaban J connectivity index is 1.32. The maximum atomic E-state index is 10.7. The zero-order valence-corrected chi connectivity index (χ0v) is 20.4. The minimum Gasteiger partial charge on any atom is -0.294 e. The molecule has 188 valence electrons. The first-order valence-corrected chi connectivity index (χ1v) is 11.3. The fourth-order valence-corrected chi connectivity index (χ4v) is 3.33. The van der Waals surface area contributed by atoms with Gasteiger partial charge in [0.1, 0.15) is 0 Å². The number of benzene rings is 2. The number of non-ortho nitro benzene ring substituents is 2. The molecule has 1 saturated heterocycles. The van der Waals surface area contributed by atoms with Crippen LogP contribution in [0.15, 0.2) is 58.7 Å². The van der Waals surface area contributed by atoms with Crippen molar-refractivity contribution in [3.05, 3.63) is 79.9 Å². The topological polar surface area (TPSA) is 166 Å². The normalized spacial score (nSPS) is 14.4. The summed E-state index contributed by atoms with van der Waals surface area (Å²) in [6.45, 7) is 2.59. The van der Waals surface area contributed by atoms with Crippen molar-refractivity contribution in [3.8, 4) is 0 Å². The van der Waals surface area contributed by atoms with Crippen LogP contribution in [0.25, 0.3) is 0 Å². The molecule has 0 unspecified atom stereocenters. The summed E-state index contributed by atoms with van der Waals surface area (Å²) in [5, 5.41) is 33.9. The Morgan fingerprint density at radius 2 is 1.06 bits per heavy atom. The molecule has 36 heavy (non-hydrogen) atoms. The van der Waals surface area contributed by atoms with Gasteiger partial charge in [-0.2, -0.15) is 10.2 Å². The number of thiocarbonyl (C=S) groups is 2. The average molecular weight is 531 g/mol. The molecule has 3 rings (SSSR count). The van der Waals surface area contributed by atoms with E-state index in [0.717, 1.165) is 0 Å². The van der Waals surface area contributed by atoms with Crippen molar-refractivity contribution < 1.29 is 9.85 Å². The molecule has 1 fully saturated rings. The van der Waals surface area contributed by atoms with E-state index < -0.39 is 9.85 Å². The van der Waals surface area contributed by atoms with Crippen LogP contribution in [0.4, 0.5) is 11.4 Å². The van der Waals surface area contributed by atoms with Crippen LogP contribution >= 0.6 is 24.4 Å². The van der Waals surface area contributed by atoms with Crippen molar-refractivity contribution in [2.45, 2.75) is 0 Å². The lowest BCUT2D eigenvalue weighted by Gasteiger charge is -2.35. The molecule has 1 heterocycles. The van der Waals surface area contributed by atoms with E-state index in [0.29, 0.717) is 47.5 Å². The minimum absolute atomic E-state index is 0.0115. The molecule has 0 saturated carbocycles. The van der Waals surface area contributed by atoms with Crippen LogP contribution in [0.2, 0.25) is 0 Å². The van der Waals surface area contributed by atoms with E-state index in [1.54, 1.807) is 24.3 Å². The maximum absolute atomic E-state index is 10.7. The highest BCUT2D eigenvalue weighted by Gasteiger charge is 2.17. The summed E-state index contributed by atoms with van der Waals surface area (Å²) in [4.78, 5) is 20.4. The molecule has 0 spiro atoms. The number of hydrazone groups is 2. The predicted molar refractivity (Wildman–Crippen MR) is 142 cm³/mol. The molecule has 0 bridgehead atoms. The standard InChI is InChI=1S/C20H22N10O4S2/c31-29(32)17-5-1-15(2-6-17)13-21-23-19(35)25-27-9-11-28(12-10-27)26-20(36)24-22-14-16-3-7-18(8-4-16)30(33)34/h1-8,13-14H,9-12H2,(H2,23,25,35)(H2,24,26,36)/b21-13-,22-14+. The molecule has 0 amide bonds. The van der Waals surface area contributed by atoms with E-state index >= 15 is 0 Å². The van der Waals surface area contributed by atoms with Gasteiger partial charge >= 0.3 is 0 Å². The minimum atomic E-state index is -0.462. The highest BCUT2D eigenvalue weighted by molar-refractivity contribution is 7.80. The maximum Gasteiger partial charge on any atom is 0.269 e. The number of hydrogen-bond donors (Lipinski definition) is 4. The molecule has 0 aliphatic carbocycles. The van der Waals surface area contributed by atoms with Gasteiger partial charge < -0.3 is 0 Å². The van der Waals surface area contributed by atoms with Gasteiger partial charge in [0.2, 0.25) is 10.2 Å². The molecular weight excluding hydrogens is 508 g/mol. The Bertz CT molecular complexity index is 1060. The second-order valence-electron chi connectivity index (χ2n) is 7.29. The number of piperazine rings is 1. The summed E-state index contributed by atoms with van der Waals surface area (Å²) in [6, 6.07) is 12.0. The molecule has 16 heteroatoms. The third-order valence-electron chi connectivity index (χ3n) is 4.77. The fourth-order valence-electron chi connectivity index (χ4n) is 2.96. The van der Waals surface area contributed by atoms with Gasteiger partial charge in [-0.1, -0.05) is 0 Å². The van der Waals surface area contributed by atoms with Crippen LogP contribution in [0.1, 0.15) is 11.1 Å². The smallest absolute Gasteiger partial charge is 0.269 e. The van der Waals surface area contributed by atoms with Gasteiger partial charge in [-0.15, -0.1) is 0 Å². The van der Waals surface area contributed by atoms with Gasteiger partial charge in [-0.05, 0) is 59.8 Å². The second kappa shape index (κ2) is 13.1. The molecule has 0 atom stereocenters. The van der Waals surface area contributed by atoms with E-state index in [1.165, 1.54) is 36.7 Å². The number of rotatable bonds is 8. The fraction of sp³-hybridized carbons (Fsp3) is 0.200. The predicted octanol–water partition coefficient (Wildman–Crippen LogP) is 1.25. The van der Waals surface area contributed by atoms with Crippen LogP contribution < -0.4 is 21.7 Å². The van der Waals surface area contributed by atoms with Gasteiger partial charge in [0.25, 0.3) is 11.4 Å². The zero-order chi connectivity index (χ0) is 25.9. The van der Waals surface area contributed by atoms with E-state index in [1.807, 2.05) is 10.0 Å². The lowest BCUT2D eigenvalue weighted by molar-refractivity contribution is -0.385. The average Bonchev–Trinajstić information content (AvgIpc) is 2.86. The summed E-state index contributed by atoms with van der Waals surface area (Å²) >= 11 is 10.5.